The van der Waals surface area contributed by atoms with Crippen molar-refractivity contribution in [2.24, 2.45) is 5.41 Å². The first-order valence-corrected chi connectivity index (χ1v) is 11.7. The highest BCUT2D eigenvalue weighted by molar-refractivity contribution is 5.94. The predicted molar refractivity (Wildman–Crippen MR) is 130 cm³/mol. The van der Waals surface area contributed by atoms with E-state index < -0.39 is 17.5 Å². The zero-order valence-corrected chi connectivity index (χ0v) is 19.1. The Kier molecular flexibility index (Phi) is 5.99. The van der Waals surface area contributed by atoms with Crippen molar-refractivity contribution in [2.75, 3.05) is 13.2 Å². The van der Waals surface area contributed by atoms with Gasteiger partial charge < -0.3 is 20.5 Å². The van der Waals surface area contributed by atoms with Crippen LogP contribution >= 0.6 is 0 Å². The summed E-state index contributed by atoms with van der Waals surface area (Å²) in [6.45, 7) is 0.643. The number of rotatable bonds is 8. The Morgan fingerprint density at radius 2 is 1.46 bits per heavy atom. The maximum absolute atomic E-state index is 12.4. The molecule has 0 aromatic heterocycles. The van der Waals surface area contributed by atoms with Gasteiger partial charge in [0, 0.05) is 24.6 Å². The Morgan fingerprint density at radius 1 is 0.857 bits per heavy atom. The highest BCUT2D eigenvalue weighted by atomic mass is 16.5. The maximum Gasteiger partial charge on any atom is 0.407 e. The number of nitrogens with one attached hydrogen (secondary N) is 2. The van der Waals surface area contributed by atoms with E-state index in [-0.39, 0.29) is 31.5 Å². The van der Waals surface area contributed by atoms with Gasteiger partial charge in [-0.25, -0.2) is 4.79 Å². The zero-order chi connectivity index (χ0) is 24.4. The van der Waals surface area contributed by atoms with Crippen molar-refractivity contribution in [3.8, 4) is 11.1 Å². The van der Waals surface area contributed by atoms with E-state index in [4.69, 9.17) is 4.74 Å². The molecule has 3 aromatic carbocycles. The van der Waals surface area contributed by atoms with E-state index in [1.807, 2.05) is 24.3 Å². The monoisotopic (exact) mass is 470 g/mol. The van der Waals surface area contributed by atoms with Crippen LogP contribution < -0.4 is 10.6 Å². The van der Waals surface area contributed by atoms with Crippen LogP contribution in [0.5, 0.6) is 0 Å². The van der Waals surface area contributed by atoms with Crippen LogP contribution in [0, 0.1) is 5.41 Å². The molecule has 2 aliphatic carbocycles. The highest BCUT2D eigenvalue weighted by Gasteiger charge is 2.50. The van der Waals surface area contributed by atoms with Gasteiger partial charge in [0.05, 0.1) is 5.41 Å². The number of alkyl carbamates (subject to hydrolysis) is 1. The number of carbonyl (C=O) groups excluding carboxylic acids is 2. The topological polar surface area (TPSA) is 105 Å². The first-order chi connectivity index (χ1) is 17.0. The van der Waals surface area contributed by atoms with Crippen LogP contribution in [0.2, 0.25) is 0 Å². The minimum absolute atomic E-state index is 0.00171. The Balaban J connectivity index is 1.12. The molecule has 35 heavy (non-hydrogen) atoms. The molecular weight excluding hydrogens is 444 g/mol. The van der Waals surface area contributed by atoms with E-state index in [9.17, 15) is 19.5 Å². The zero-order valence-electron chi connectivity index (χ0n) is 19.1. The lowest BCUT2D eigenvalue weighted by molar-refractivity contribution is -0.143. The van der Waals surface area contributed by atoms with E-state index in [1.165, 1.54) is 11.1 Å². The van der Waals surface area contributed by atoms with E-state index in [0.29, 0.717) is 18.4 Å². The molecule has 3 aromatic rings. The summed E-state index contributed by atoms with van der Waals surface area (Å²) in [4.78, 5) is 35.9. The molecule has 178 valence electrons. The van der Waals surface area contributed by atoms with Crippen LogP contribution in [0.1, 0.15) is 45.8 Å². The molecule has 5 rings (SSSR count). The molecule has 0 atom stereocenters. The number of ether oxygens (including phenoxy) is 1. The second-order valence-corrected chi connectivity index (χ2v) is 9.14. The van der Waals surface area contributed by atoms with Gasteiger partial charge in [-0.05, 0) is 52.8 Å². The first-order valence-electron chi connectivity index (χ1n) is 11.7. The summed E-state index contributed by atoms with van der Waals surface area (Å²) >= 11 is 0. The molecule has 1 fully saturated rings. The number of hydrogen-bond donors (Lipinski definition) is 3. The summed E-state index contributed by atoms with van der Waals surface area (Å²) < 4.78 is 5.55. The van der Waals surface area contributed by atoms with Gasteiger partial charge >= 0.3 is 12.1 Å². The van der Waals surface area contributed by atoms with Gasteiger partial charge in [0.15, 0.2) is 0 Å². The Labute approximate surface area is 203 Å². The van der Waals surface area contributed by atoms with Crippen molar-refractivity contribution in [3.05, 3.63) is 95.1 Å². The van der Waals surface area contributed by atoms with Gasteiger partial charge in [-0.3, -0.25) is 9.59 Å². The standard InChI is InChI=1S/C28H26N2O5/c31-25(30-17-28(13-14-28)26(32)33)19-11-9-18(10-12-19)15-29-27(34)35-16-24-22-7-3-1-5-20(22)21-6-2-4-8-23(21)24/h1-12,24H,13-17H2,(H,29,34)(H,30,31)(H,32,33). The summed E-state index contributed by atoms with van der Waals surface area (Å²) in [5, 5.41) is 14.7. The summed E-state index contributed by atoms with van der Waals surface area (Å²) in [5.74, 6) is -1.18. The molecule has 0 saturated heterocycles. The Bertz CT molecular complexity index is 1240. The second kappa shape index (κ2) is 9.25. The number of amides is 2. The quantitative estimate of drug-likeness (QED) is 0.455. The molecule has 0 heterocycles. The van der Waals surface area contributed by atoms with Gasteiger partial charge in [0.1, 0.15) is 6.61 Å². The van der Waals surface area contributed by atoms with Crippen molar-refractivity contribution in [3.63, 3.8) is 0 Å². The number of carboxylic acid groups (broad SMARTS) is 1. The van der Waals surface area contributed by atoms with Crippen LogP contribution in [-0.2, 0) is 16.1 Å². The molecular formula is C28H26N2O5. The third-order valence-electron chi connectivity index (χ3n) is 6.89. The lowest BCUT2D eigenvalue weighted by atomic mass is 9.98. The molecule has 1 saturated carbocycles. The normalized spacial score (nSPS) is 15.0. The van der Waals surface area contributed by atoms with Gasteiger partial charge in [0.2, 0.25) is 0 Å². The fourth-order valence-electron chi connectivity index (χ4n) is 4.57. The molecule has 0 spiro atoms. The second-order valence-electron chi connectivity index (χ2n) is 9.14. The molecule has 2 amide bonds. The Morgan fingerprint density at radius 3 is 2.03 bits per heavy atom. The lowest BCUT2D eigenvalue weighted by Crippen LogP contribution is -2.34. The minimum Gasteiger partial charge on any atom is -0.481 e. The summed E-state index contributed by atoms with van der Waals surface area (Å²) in [5.41, 5.74) is 5.13. The molecule has 3 N–H and O–H groups in total. The van der Waals surface area contributed by atoms with Crippen molar-refractivity contribution >= 4 is 18.0 Å². The molecule has 7 heteroatoms. The Hall–Kier alpha value is -4.13. The minimum atomic E-state index is -0.868. The van der Waals surface area contributed by atoms with Crippen molar-refractivity contribution in [2.45, 2.75) is 25.3 Å². The third kappa shape index (κ3) is 4.62. The number of carbonyl (C=O) groups is 3. The maximum atomic E-state index is 12.4. The van der Waals surface area contributed by atoms with Gasteiger partial charge in [0.25, 0.3) is 5.91 Å². The number of benzene rings is 3. The molecule has 0 radical (unpaired) electrons. The summed E-state index contributed by atoms with van der Waals surface area (Å²) in [7, 11) is 0. The first kappa shape index (κ1) is 22.7. The van der Waals surface area contributed by atoms with Gasteiger partial charge in [-0.2, -0.15) is 0 Å². The van der Waals surface area contributed by atoms with Crippen LogP contribution in [0.4, 0.5) is 4.79 Å². The van der Waals surface area contributed by atoms with E-state index in [1.54, 1.807) is 24.3 Å². The highest BCUT2D eigenvalue weighted by Crippen LogP contribution is 2.45. The fourth-order valence-corrected chi connectivity index (χ4v) is 4.57. The van der Waals surface area contributed by atoms with Crippen molar-refractivity contribution in [1.29, 1.82) is 0 Å². The van der Waals surface area contributed by atoms with Crippen LogP contribution in [0.3, 0.4) is 0 Å². The average Bonchev–Trinajstić information content (AvgIpc) is 3.62. The number of hydrogen-bond acceptors (Lipinski definition) is 4. The van der Waals surface area contributed by atoms with Crippen LogP contribution in [0.25, 0.3) is 11.1 Å². The SMILES string of the molecule is O=C(NCc1ccc(C(=O)NCC2(C(=O)O)CC2)cc1)OCC1c2ccccc2-c2ccccc21. The predicted octanol–water partition coefficient (Wildman–Crippen LogP) is 4.32. The molecule has 0 unspecified atom stereocenters. The smallest absolute Gasteiger partial charge is 0.407 e. The summed E-state index contributed by atoms with van der Waals surface area (Å²) in [6, 6.07) is 23.2. The van der Waals surface area contributed by atoms with Gasteiger partial charge in [-0.1, -0.05) is 60.7 Å². The third-order valence-corrected chi connectivity index (χ3v) is 6.89. The molecule has 7 nitrogen and oxygen atoms in total. The van der Waals surface area contributed by atoms with Crippen molar-refractivity contribution < 1.29 is 24.2 Å². The average molecular weight is 471 g/mol. The number of aliphatic carboxylic acids is 1. The lowest BCUT2D eigenvalue weighted by Gasteiger charge is -2.14. The van der Waals surface area contributed by atoms with E-state index in [2.05, 4.69) is 34.9 Å². The molecule has 0 aliphatic heterocycles. The number of fused-ring (bicyclic) bond motifs is 3. The van der Waals surface area contributed by atoms with Gasteiger partial charge in [-0.15, -0.1) is 0 Å². The van der Waals surface area contributed by atoms with E-state index >= 15 is 0 Å². The fraction of sp³-hybridized carbons (Fsp3) is 0.250. The van der Waals surface area contributed by atoms with Crippen LogP contribution in [-0.4, -0.2) is 36.2 Å². The largest absolute Gasteiger partial charge is 0.481 e. The van der Waals surface area contributed by atoms with Crippen LogP contribution in [0.15, 0.2) is 72.8 Å². The molecule has 2 aliphatic rings. The van der Waals surface area contributed by atoms with Crippen molar-refractivity contribution in [1.82, 2.24) is 10.6 Å². The molecule has 0 bridgehead atoms. The number of carboxylic acids is 1. The summed E-state index contributed by atoms with van der Waals surface area (Å²) in [6.07, 6.45) is 0.670. The van der Waals surface area contributed by atoms with E-state index in [0.717, 1.165) is 16.7 Å².